The van der Waals surface area contributed by atoms with Gasteiger partial charge < -0.3 is 4.90 Å². The van der Waals surface area contributed by atoms with E-state index in [1.807, 2.05) is 23.1 Å². The van der Waals surface area contributed by atoms with Gasteiger partial charge in [0.05, 0.1) is 17.4 Å². The molecule has 2 fully saturated rings. The predicted molar refractivity (Wildman–Crippen MR) is 95.2 cm³/mol. The number of aryl methyl sites for hydroxylation is 1. The summed E-state index contributed by atoms with van der Waals surface area (Å²) in [5.41, 5.74) is 1.29. The zero-order valence-electron chi connectivity index (χ0n) is 12.6. The van der Waals surface area contributed by atoms with E-state index in [2.05, 4.69) is 31.2 Å². The summed E-state index contributed by atoms with van der Waals surface area (Å²) < 4.78 is 9.22. The summed E-state index contributed by atoms with van der Waals surface area (Å²) in [4.78, 5) is 4.11. The molecule has 2 saturated heterocycles. The molecule has 4 heterocycles. The van der Waals surface area contributed by atoms with Gasteiger partial charge in [-0.05, 0) is 55.3 Å². The van der Waals surface area contributed by atoms with Gasteiger partial charge in [-0.2, -0.15) is 8.75 Å². The second kappa shape index (κ2) is 6.99. The average molecular weight is 352 g/mol. The van der Waals surface area contributed by atoms with Gasteiger partial charge in [0.25, 0.3) is 0 Å². The maximum atomic E-state index is 4.65. The lowest BCUT2D eigenvalue weighted by Gasteiger charge is -2.29. The summed E-state index contributed by atoms with van der Waals surface area (Å²) in [5, 5.41) is 3.38. The van der Waals surface area contributed by atoms with Gasteiger partial charge in [-0.15, -0.1) is 23.1 Å². The number of aromatic nitrogens is 2. The van der Waals surface area contributed by atoms with Crippen molar-refractivity contribution in [1.82, 2.24) is 13.6 Å². The highest BCUT2D eigenvalue weighted by molar-refractivity contribution is 7.99. The van der Waals surface area contributed by atoms with E-state index >= 15 is 0 Å². The fourth-order valence-corrected chi connectivity index (χ4v) is 6.16. The highest BCUT2D eigenvalue weighted by Crippen LogP contribution is 2.38. The first-order chi connectivity index (χ1) is 10.9. The molecular weight excluding hydrogens is 330 g/mol. The quantitative estimate of drug-likeness (QED) is 0.578. The number of nitrogens with zero attached hydrogens (tertiary/aromatic N) is 3. The van der Waals surface area contributed by atoms with Gasteiger partial charge in [-0.25, -0.2) is 0 Å². The van der Waals surface area contributed by atoms with Crippen molar-refractivity contribution < 1.29 is 0 Å². The molecule has 0 amide bonds. The smallest absolute Gasteiger partial charge is 0.134 e. The Morgan fingerprint density at radius 2 is 2.32 bits per heavy atom. The van der Waals surface area contributed by atoms with Crippen LogP contribution in [0.25, 0.3) is 0 Å². The van der Waals surface area contributed by atoms with Crippen LogP contribution in [0.1, 0.15) is 35.8 Å². The van der Waals surface area contributed by atoms with Crippen LogP contribution in [0.5, 0.6) is 0 Å². The van der Waals surface area contributed by atoms with Crippen LogP contribution < -0.4 is 0 Å². The van der Waals surface area contributed by atoms with Crippen molar-refractivity contribution in [1.29, 1.82) is 0 Å². The summed E-state index contributed by atoms with van der Waals surface area (Å²) in [6.45, 7) is 3.81. The zero-order chi connectivity index (χ0) is 14.8. The third-order valence-corrected chi connectivity index (χ3v) is 7.38. The SMILES string of the molecule is c1csc(CCCSc2nsnc2C2CC3CCN(C3)C2)c1. The summed E-state index contributed by atoms with van der Waals surface area (Å²) in [6.07, 6.45) is 5.13. The minimum Gasteiger partial charge on any atom is -0.302 e. The highest BCUT2D eigenvalue weighted by Gasteiger charge is 2.35. The molecule has 2 aromatic heterocycles. The number of hydrogen-bond donors (Lipinski definition) is 0. The number of thiophene rings is 1. The molecule has 0 spiro atoms. The number of fused-ring (bicyclic) bond motifs is 2. The summed E-state index contributed by atoms with van der Waals surface area (Å²) in [5.74, 6) is 2.67. The highest BCUT2D eigenvalue weighted by atomic mass is 32.2. The van der Waals surface area contributed by atoms with E-state index in [1.165, 1.54) is 72.6 Å². The van der Waals surface area contributed by atoms with Crippen LogP contribution in [-0.4, -0.2) is 39.0 Å². The molecule has 6 heteroatoms. The van der Waals surface area contributed by atoms with Crippen molar-refractivity contribution in [3.05, 3.63) is 28.1 Å². The van der Waals surface area contributed by atoms with Crippen LogP contribution in [0.3, 0.4) is 0 Å². The first kappa shape index (κ1) is 15.1. The van der Waals surface area contributed by atoms with E-state index in [9.17, 15) is 0 Å². The third kappa shape index (κ3) is 3.40. The maximum absolute atomic E-state index is 4.65. The van der Waals surface area contributed by atoms with E-state index in [0.29, 0.717) is 5.92 Å². The first-order valence-electron chi connectivity index (χ1n) is 8.08. The maximum Gasteiger partial charge on any atom is 0.134 e. The summed E-state index contributed by atoms with van der Waals surface area (Å²) in [7, 11) is 0. The Morgan fingerprint density at radius 1 is 1.32 bits per heavy atom. The first-order valence-corrected chi connectivity index (χ1v) is 10.7. The molecule has 3 nitrogen and oxygen atoms in total. The second-order valence-electron chi connectivity index (χ2n) is 6.33. The van der Waals surface area contributed by atoms with Crippen LogP contribution in [0.2, 0.25) is 0 Å². The molecule has 2 aliphatic heterocycles. The minimum atomic E-state index is 0.625. The van der Waals surface area contributed by atoms with Crippen molar-refractivity contribution in [2.45, 2.75) is 36.6 Å². The molecule has 0 N–H and O–H groups in total. The molecule has 3 unspecified atom stereocenters. The normalized spacial score (nSPS) is 27.4. The van der Waals surface area contributed by atoms with Crippen LogP contribution in [0.15, 0.2) is 22.5 Å². The van der Waals surface area contributed by atoms with Gasteiger partial charge in [0.2, 0.25) is 0 Å². The molecule has 0 radical (unpaired) electrons. The largest absolute Gasteiger partial charge is 0.302 e. The van der Waals surface area contributed by atoms with Crippen LogP contribution in [-0.2, 0) is 6.42 Å². The zero-order valence-corrected chi connectivity index (χ0v) is 15.1. The van der Waals surface area contributed by atoms with E-state index < -0.39 is 0 Å². The molecule has 0 aromatic carbocycles. The minimum absolute atomic E-state index is 0.625. The van der Waals surface area contributed by atoms with Gasteiger partial charge in [0.15, 0.2) is 0 Å². The van der Waals surface area contributed by atoms with Gasteiger partial charge in [-0.1, -0.05) is 6.07 Å². The van der Waals surface area contributed by atoms with E-state index in [0.717, 1.165) is 11.7 Å². The number of rotatable bonds is 6. The van der Waals surface area contributed by atoms with E-state index in [1.54, 1.807) is 0 Å². The molecule has 3 atom stereocenters. The molecule has 2 aliphatic rings. The molecule has 4 rings (SSSR count). The Morgan fingerprint density at radius 3 is 3.18 bits per heavy atom. The lowest BCUT2D eigenvalue weighted by Crippen LogP contribution is -2.32. The second-order valence-corrected chi connectivity index (χ2v) is 8.98. The molecule has 118 valence electrons. The fraction of sp³-hybridized carbons (Fsp3) is 0.625. The van der Waals surface area contributed by atoms with Gasteiger partial charge in [-0.3, -0.25) is 0 Å². The van der Waals surface area contributed by atoms with Gasteiger partial charge in [0, 0.05) is 23.9 Å². The van der Waals surface area contributed by atoms with Crippen molar-refractivity contribution in [3.63, 3.8) is 0 Å². The van der Waals surface area contributed by atoms with Crippen LogP contribution >= 0.6 is 34.8 Å². The predicted octanol–water partition coefficient (Wildman–Crippen LogP) is 4.13. The van der Waals surface area contributed by atoms with Crippen LogP contribution in [0, 0.1) is 5.92 Å². The Hall–Kier alpha value is -0.430. The molecule has 0 aliphatic carbocycles. The van der Waals surface area contributed by atoms with E-state index in [-0.39, 0.29) is 0 Å². The Labute approximate surface area is 144 Å². The summed E-state index contributed by atoms with van der Waals surface area (Å²) in [6, 6.07) is 4.37. The Balaban J connectivity index is 1.32. The van der Waals surface area contributed by atoms with Gasteiger partial charge >= 0.3 is 0 Å². The fourth-order valence-electron chi connectivity index (χ4n) is 3.66. The molecule has 0 saturated carbocycles. The number of piperidine rings is 1. The molecular formula is C16H21N3S3. The molecule has 22 heavy (non-hydrogen) atoms. The van der Waals surface area contributed by atoms with Crippen molar-refractivity contribution in [2.75, 3.05) is 25.4 Å². The lowest BCUT2D eigenvalue weighted by atomic mass is 9.89. The average Bonchev–Trinajstić information content (AvgIpc) is 3.25. The topological polar surface area (TPSA) is 29.0 Å². The van der Waals surface area contributed by atoms with Gasteiger partial charge in [0.1, 0.15) is 5.03 Å². The number of thioether (sulfide) groups is 1. The van der Waals surface area contributed by atoms with Crippen LogP contribution in [0.4, 0.5) is 0 Å². The Bertz CT molecular complexity index is 584. The van der Waals surface area contributed by atoms with Crippen molar-refractivity contribution >= 4 is 34.8 Å². The molecule has 2 aromatic rings. The Kier molecular flexibility index (Phi) is 4.80. The van der Waals surface area contributed by atoms with E-state index in [4.69, 9.17) is 0 Å². The summed E-state index contributed by atoms with van der Waals surface area (Å²) >= 11 is 5.18. The van der Waals surface area contributed by atoms with Crippen molar-refractivity contribution in [3.8, 4) is 0 Å². The molecule has 2 bridgehead atoms. The third-order valence-electron chi connectivity index (χ3n) is 4.72. The number of hydrogen-bond acceptors (Lipinski definition) is 6. The monoisotopic (exact) mass is 351 g/mol. The van der Waals surface area contributed by atoms with Crippen molar-refractivity contribution in [2.24, 2.45) is 5.92 Å². The lowest BCUT2D eigenvalue weighted by molar-refractivity contribution is 0.240. The standard InChI is InChI=1S/C16H21N3S3/c1-3-14(20-7-1)4-2-8-21-16-15(17-22-18-16)13-9-12-5-6-19(10-12)11-13/h1,3,7,12-13H,2,4-6,8-11H2.